The number of rotatable bonds is 32. The minimum absolute atomic E-state index is 0.00867. The Balaban J connectivity index is 0.691. The van der Waals surface area contributed by atoms with Gasteiger partial charge in [0.05, 0.1) is 77.5 Å². The Morgan fingerprint density at radius 3 is 2.08 bits per heavy atom. The molecule has 18 nitrogen and oxygen atoms in total. The number of piperidine rings is 1. The number of nitrogens with one attached hydrogen (secondary N) is 4. The summed E-state index contributed by atoms with van der Waals surface area (Å²) in [6.45, 7) is 12.7. The van der Waals surface area contributed by atoms with Crippen molar-refractivity contribution in [2.45, 2.75) is 51.4 Å². The van der Waals surface area contributed by atoms with Gasteiger partial charge < -0.3 is 44.7 Å². The van der Waals surface area contributed by atoms with Crippen LogP contribution in [0.3, 0.4) is 0 Å². The Hall–Kier alpha value is -5.80. The molecule has 0 radical (unpaired) electrons. The van der Waals surface area contributed by atoms with Gasteiger partial charge >= 0.3 is 0 Å². The Labute approximate surface area is 456 Å². The predicted molar refractivity (Wildman–Crippen MR) is 295 cm³/mol. The van der Waals surface area contributed by atoms with Crippen molar-refractivity contribution in [2.24, 2.45) is 0 Å². The third-order valence-corrected chi connectivity index (χ3v) is 13.9. The van der Waals surface area contributed by atoms with Gasteiger partial charge in [0.1, 0.15) is 17.7 Å². The van der Waals surface area contributed by atoms with Gasteiger partial charge in [-0.25, -0.2) is 9.97 Å². The second-order valence-electron chi connectivity index (χ2n) is 18.9. The molecule has 76 heavy (non-hydrogen) atoms. The van der Waals surface area contributed by atoms with Crippen molar-refractivity contribution in [2.75, 3.05) is 129 Å². The molecule has 0 saturated carbocycles. The number of carbonyl (C=O) groups excluding carboxylic acids is 4. The molecule has 408 valence electrons. The smallest absolute Gasteiger partial charge is 0.249 e. The van der Waals surface area contributed by atoms with Crippen LogP contribution in [-0.4, -0.2) is 179 Å². The highest BCUT2D eigenvalue weighted by atomic mass is 35.5. The van der Waals surface area contributed by atoms with E-state index in [1.165, 1.54) is 16.0 Å². The summed E-state index contributed by atoms with van der Waals surface area (Å²) in [6.07, 6.45) is 1.99. The van der Waals surface area contributed by atoms with Crippen LogP contribution in [0.25, 0.3) is 10.9 Å². The predicted octanol–water partition coefficient (Wildman–Crippen LogP) is 5.94. The Kier molecular flexibility index (Phi) is 23.5. The number of carbonyl (C=O) groups is 4. The van der Waals surface area contributed by atoms with E-state index < -0.39 is 11.9 Å². The van der Waals surface area contributed by atoms with E-state index in [-0.39, 0.29) is 43.8 Å². The molecule has 20 heteroatoms. The lowest BCUT2D eigenvalue weighted by atomic mass is 9.96. The van der Waals surface area contributed by atoms with E-state index in [1.54, 1.807) is 0 Å². The molecule has 0 aliphatic carbocycles. The van der Waals surface area contributed by atoms with Crippen LogP contribution in [0.15, 0.2) is 91.0 Å². The maximum Gasteiger partial charge on any atom is 0.249 e. The molecule has 1 atom stereocenters. The van der Waals surface area contributed by atoms with E-state index in [9.17, 15) is 19.2 Å². The molecule has 4 amide bonds. The zero-order valence-corrected chi connectivity index (χ0v) is 45.2. The monoisotopic (exact) mass is 1080 g/mol. The van der Waals surface area contributed by atoms with Crippen LogP contribution in [0.2, 0.25) is 10.0 Å². The van der Waals surface area contributed by atoms with Crippen LogP contribution in [0.1, 0.15) is 53.4 Å². The van der Waals surface area contributed by atoms with Crippen LogP contribution in [0.4, 0.5) is 11.5 Å². The van der Waals surface area contributed by atoms with Crippen molar-refractivity contribution in [1.29, 1.82) is 0 Å². The number of hydrogen-bond acceptors (Lipinski definition) is 15. The number of amides is 4. The number of aryl methyl sites for hydroxylation is 1. The van der Waals surface area contributed by atoms with Gasteiger partial charge in [-0.15, -0.1) is 0 Å². The average Bonchev–Trinajstić information content (AvgIpc) is 3.42. The van der Waals surface area contributed by atoms with Crippen molar-refractivity contribution in [1.82, 2.24) is 40.2 Å². The second-order valence-corrected chi connectivity index (χ2v) is 19.8. The normalized spacial score (nSPS) is 15.3. The van der Waals surface area contributed by atoms with Crippen molar-refractivity contribution in [3.8, 4) is 0 Å². The number of hydrogen-bond donors (Lipinski definition) is 4. The number of para-hydroxylation sites is 1. The van der Waals surface area contributed by atoms with Crippen molar-refractivity contribution < 1.29 is 38.1 Å². The van der Waals surface area contributed by atoms with E-state index in [2.05, 4.69) is 79.4 Å². The van der Waals surface area contributed by atoms with Crippen LogP contribution < -0.4 is 21.3 Å². The van der Waals surface area contributed by atoms with Gasteiger partial charge in [0.15, 0.2) is 0 Å². The van der Waals surface area contributed by atoms with E-state index in [0.717, 1.165) is 96.0 Å². The molecule has 7 rings (SSSR count). The fraction of sp³-hybridized carbons (Fsp3) is 0.464. The summed E-state index contributed by atoms with van der Waals surface area (Å²) in [6, 6.07) is 29.4. The number of anilines is 2. The third-order valence-electron chi connectivity index (χ3n) is 13.4. The summed E-state index contributed by atoms with van der Waals surface area (Å²) in [7, 11) is 2.10. The Bertz CT molecular complexity index is 2580. The highest BCUT2D eigenvalue weighted by molar-refractivity contribution is 6.30. The molecule has 0 bridgehead atoms. The molecule has 3 heterocycles. The molecular weight excluding hydrogens is 1010 g/mol. The van der Waals surface area contributed by atoms with E-state index in [0.29, 0.717) is 78.0 Å². The molecule has 1 aromatic heterocycles. The number of nitrogens with zero attached hydrogens (tertiary/aromatic N) is 6. The molecule has 2 aliphatic rings. The van der Waals surface area contributed by atoms with Gasteiger partial charge in [-0.05, 0) is 98.1 Å². The highest BCUT2D eigenvalue weighted by Gasteiger charge is 2.32. The fourth-order valence-electron chi connectivity index (χ4n) is 9.24. The van der Waals surface area contributed by atoms with Crippen LogP contribution >= 0.6 is 23.2 Å². The highest BCUT2D eigenvalue weighted by Crippen LogP contribution is 2.32. The molecule has 2 saturated heterocycles. The number of likely N-dealkylation sites (N-methyl/N-ethyl adjacent to an activating group) is 1. The number of fused-ring (bicyclic) bond motifs is 1. The van der Waals surface area contributed by atoms with Gasteiger partial charge in [-0.2, -0.15) is 0 Å². The maximum atomic E-state index is 12.6. The fourth-order valence-corrected chi connectivity index (χ4v) is 9.50. The lowest BCUT2D eigenvalue weighted by Crippen LogP contribution is -2.51. The molecule has 0 spiro atoms. The molecule has 5 aromatic rings. The molecular formula is C56H72Cl2N10O8. The Morgan fingerprint density at radius 1 is 0.776 bits per heavy atom. The van der Waals surface area contributed by atoms with Gasteiger partial charge in [0.25, 0.3) is 0 Å². The standard InChI is InChI=1S/C56H72Cl2N10O8/c1-41-7-5-10-48(47(41)38-68(40-69)50-19-20-52(70)64-56(50)72)61-37-53(71)59-22-29-73-31-33-75-35-36-76-34-32-74-30-28-65(2)23-6-21-60-55-46-8-3-4-9-49(46)62-51(63-55)39-66-24-26-67(27-25-66)54(42-11-15-44(57)16-12-42)43-13-17-45(58)18-14-43/h3-5,7-18,40,50,54,61H,6,19-39H2,1-2H3,(H,59,71)(H,60,62,63)(H,64,70,72). The molecule has 4 aromatic carbocycles. The van der Waals surface area contributed by atoms with Crippen molar-refractivity contribution in [3.63, 3.8) is 0 Å². The molecule has 2 fully saturated rings. The minimum Gasteiger partial charge on any atom is -0.378 e. The zero-order valence-electron chi connectivity index (χ0n) is 43.7. The average molecular weight is 1080 g/mol. The first kappa shape index (κ1) is 57.9. The van der Waals surface area contributed by atoms with Crippen molar-refractivity contribution in [3.05, 3.63) is 129 Å². The first-order valence-corrected chi connectivity index (χ1v) is 26.9. The summed E-state index contributed by atoms with van der Waals surface area (Å²) >= 11 is 12.5. The molecule has 2 aliphatic heterocycles. The van der Waals surface area contributed by atoms with E-state index in [1.807, 2.05) is 61.5 Å². The zero-order chi connectivity index (χ0) is 53.5. The second kappa shape index (κ2) is 30.8. The van der Waals surface area contributed by atoms with Crippen LogP contribution in [-0.2, 0) is 51.2 Å². The van der Waals surface area contributed by atoms with Gasteiger partial charge in [-0.1, -0.05) is 71.7 Å². The maximum absolute atomic E-state index is 12.6. The van der Waals surface area contributed by atoms with E-state index >= 15 is 0 Å². The number of aromatic nitrogens is 2. The largest absolute Gasteiger partial charge is 0.378 e. The third kappa shape index (κ3) is 18.2. The van der Waals surface area contributed by atoms with Gasteiger partial charge in [0, 0.05) is 79.9 Å². The molecule has 4 N–H and O–H groups in total. The van der Waals surface area contributed by atoms with Crippen molar-refractivity contribution >= 4 is 69.7 Å². The number of piperazine rings is 1. The summed E-state index contributed by atoms with van der Waals surface area (Å²) in [4.78, 5) is 67.1. The first-order valence-electron chi connectivity index (χ1n) is 26.1. The molecule has 1 unspecified atom stereocenters. The lowest BCUT2D eigenvalue weighted by Gasteiger charge is -2.39. The topological polar surface area (TPSA) is 192 Å². The summed E-state index contributed by atoms with van der Waals surface area (Å²) < 4.78 is 22.7. The number of imide groups is 1. The number of benzene rings is 4. The minimum atomic E-state index is -0.738. The number of ether oxygens (including phenoxy) is 4. The van der Waals surface area contributed by atoms with Gasteiger partial charge in [0.2, 0.25) is 24.1 Å². The first-order chi connectivity index (χ1) is 37.0. The van der Waals surface area contributed by atoms with Gasteiger partial charge in [-0.3, -0.25) is 34.3 Å². The summed E-state index contributed by atoms with van der Waals surface area (Å²) in [5.74, 6) is 0.627. The number of halogens is 2. The Morgan fingerprint density at radius 2 is 1.42 bits per heavy atom. The summed E-state index contributed by atoms with van der Waals surface area (Å²) in [5, 5.41) is 14.3. The lowest BCUT2D eigenvalue weighted by molar-refractivity contribution is -0.141. The quantitative estimate of drug-likeness (QED) is 0.0225. The van der Waals surface area contributed by atoms with E-state index in [4.69, 9.17) is 52.1 Å². The van der Waals surface area contributed by atoms with Crippen LogP contribution in [0, 0.1) is 6.92 Å². The van der Waals surface area contributed by atoms with Crippen LogP contribution in [0.5, 0.6) is 0 Å². The SMILES string of the molecule is Cc1cccc(NCC(=O)NCCOCCOCCOCCOCCN(C)CCCNc2nc(CN3CCN(C(c4ccc(Cl)cc4)c4ccc(Cl)cc4)CC3)nc3ccccc23)c1CN(C=O)C1CCC(=O)NC1=O. The summed E-state index contributed by atoms with van der Waals surface area (Å²) in [5.41, 5.74) is 5.70.